The molecule has 1 unspecified atom stereocenters. The van der Waals surface area contributed by atoms with Crippen molar-refractivity contribution in [3.63, 3.8) is 0 Å². The molecule has 0 fully saturated rings. The largest absolute Gasteiger partial charge is 0.772 e. The summed E-state index contributed by atoms with van der Waals surface area (Å²) in [7, 11) is 0. The number of halogens is 1. The van der Waals surface area contributed by atoms with Crippen LogP contribution in [-0.4, -0.2) is 8.76 Å². The zero-order valence-electron chi connectivity index (χ0n) is 11.5. The third kappa shape index (κ3) is 3.32. The molecule has 1 atom stereocenters. The fraction of sp³-hybridized carbons (Fsp3) is 0.0588. The van der Waals surface area contributed by atoms with Gasteiger partial charge in [0.1, 0.15) is 5.82 Å². The van der Waals surface area contributed by atoms with Crippen molar-refractivity contribution in [1.82, 2.24) is 0 Å². The Hall–Kier alpha value is -1.82. The lowest BCUT2D eigenvalue weighted by Crippen LogP contribution is -1.92. The summed E-state index contributed by atoms with van der Waals surface area (Å²) in [6.07, 6.45) is 0. The zero-order valence-corrected chi connectivity index (χ0v) is 13.1. The van der Waals surface area contributed by atoms with Crippen LogP contribution in [0.4, 0.5) is 4.39 Å². The third-order valence-corrected chi connectivity index (χ3v) is 4.85. The van der Waals surface area contributed by atoms with Crippen LogP contribution in [0.25, 0.3) is 21.6 Å². The van der Waals surface area contributed by atoms with Crippen LogP contribution in [0.3, 0.4) is 0 Å². The molecule has 3 aromatic rings. The molecule has 0 amide bonds. The normalized spacial score (nSPS) is 12.3. The molecular formula is C17H12FO2S2-. The van der Waals surface area contributed by atoms with Gasteiger partial charge in [-0.15, -0.1) is 11.3 Å². The second-order valence-electron chi connectivity index (χ2n) is 4.82. The summed E-state index contributed by atoms with van der Waals surface area (Å²) in [5, 5.41) is 1.99. The standard InChI is InChI=1S/C17H13FO2S2/c18-15-7-5-14(6-8-15)17-16(9-10-21-17)13-3-1-12(2-4-13)11-22(19)20/h1-10H,11H2,(H,19,20)/p-1. The van der Waals surface area contributed by atoms with E-state index >= 15 is 0 Å². The van der Waals surface area contributed by atoms with Crippen molar-refractivity contribution in [1.29, 1.82) is 0 Å². The molecule has 5 heteroatoms. The van der Waals surface area contributed by atoms with Gasteiger partial charge in [-0.1, -0.05) is 47.5 Å². The number of thiophene rings is 1. The fourth-order valence-electron chi connectivity index (χ4n) is 2.28. The molecule has 1 aromatic heterocycles. The quantitative estimate of drug-likeness (QED) is 0.656. The highest BCUT2D eigenvalue weighted by Gasteiger charge is 2.09. The first-order valence-corrected chi connectivity index (χ1v) is 8.74. The molecule has 0 spiro atoms. The maximum absolute atomic E-state index is 13.1. The Kier molecular flexibility index (Phi) is 4.47. The maximum Gasteiger partial charge on any atom is 0.123 e. The summed E-state index contributed by atoms with van der Waals surface area (Å²) >= 11 is -0.483. The Bertz CT molecular complexity index is 792. The fourth-order valence-corrected chi connectivity index (χ4v) is 3.67. The average molecular weight is 331 g/mol. The molecule has 0 aliphatic heterocycles. The van der Waals surface area contributed by atoms with Gasteiger partial charge in [0.15, 0.2) is 0 Å². The van der Waals surface area contributed by atoms with Gasteiger partial charge in [0.2, 0.25) is 0 Å². The minimum Gasteiger partial charge on any atom is -0.772 e. The highest BCUT2D eigenvalue weighted by molar-refractivity contribution is 7.78. The number of benzene rings is 2. The summed E-state index contributed by atoms with van der Waals surface area (Å²) in [6.45, 7) is 0. The lowest BCUT2D eigenvalue weighted by atomic mass is 10.0. The van der Waals surface area contributed by atoms with E-state index in [0.29, 0.717) is 0 Å². The summed E-state index contributed by atoms with van der Waals surface area (Å²) in [5.41, 5.74) is 3.80. The van der Waals surface area contributed by atoms with Gasteiger partial charge in [0, 0.05) is 16.2 Å². The van der Waals surface area contributed by atoms with E-state index in [-0.39, 0.29) is 11.6 Å². The van der Waals surface area contributed by atoms with E-state index in [4.69, 9.17) is 0 Å². The van der Waals surface area contributed by atoms with Crippen LogP contribution in [0.5, 0.6) is 0 Å². The van der Waals surface area contributed by atoms with Crippen molar-refractivity contribution in [2.24, 2.45) is 0 Å². The van der Waals surface area contributed by atoms with Crippen molar-refractivity contribution in [3.05, 3.63) is 71.4 Å². The van der Waals surface area contributed by atoms with Crippen LogP contribution in [-0.2, 0) is 16.8 Å². The number of hydrogen-bond donors (Lipinski definition) is 0. The van der Waals surface area contributed by atoms with Gasteiger partial charge >= 0.3 is 0 Å². The molecule has 2 nitrogen and oxygen atoms in total. The van der Waals surface area contributed by atoms with Crippen molar-refractivity contribution < 1.29 is 13.2 Å². The molecule has 0 radical (unpaired) electrons. The molecule has 22 heavy (non-hydrogen) atoms. The molecule has 1 heterocycles. The molecular weight excluding hydrogens is 319 g/mol. The molecule has 0 aliphatic rings. The first kappa shape index (κ1) is 15.1. The molecule has 3 rings (SSSR count). The van der Waals surface area contributed by atoms with Crippen molar-refractivity contribution in [2.75, 3.05) is 0 Å². The molecule has 0 aliphatic carbocycles. The van der Waals surface area contributed by atoms with E-state index in [0.717, 1.165) is 27.1 Å². The average Bonchev–Trinajstić information content (AvgIpc) is 2.97. The molecule has 2 aromatic carbocycles. The Labute approximate surface area is 134 Å². The Balaban J connectivity index is 1.94. The van der Waals surface area contributed by atoms with Crippen LogP contribution in [0.1, 0.15) is 5.56 Å². The Morgan fingerprint density at radius 3 is 2.23 bits per heavy atom. The van der Waals surface area contributed by atoms with Gasteiger partial charge in [-0.05, 0) is 40.3 Å². The van der Waals surface area contributed by atoms with Crippen molar-refractivity contribution in [2.45, 2.75) is 5.75 Å². The van der Waals surface area contributed by atoms with Gasteiger partial charge in [-0.2, -0.15) is 0 Å². The monoisotopic (exact) mass is 331 g/mol. The lowest BCUT2D eigenvalue weighted by molar-refractivity contribution is 0.536. The van der Waals surface area contributed by atoms with Crippen LogP contribution in [0, 0.1) is 5.82 Å². The highest BCUT2D eigenvalue weighted by Crippen LogP contribution is 2.36. The van der Waals surface area contributed by atoms with Crippen LogP contribution >= 0.6 is 11.3 Å². The van der Waals surface area contributed by atoms with E-state index in [1.807, 2.05) is 35.7 Å². The smallest absolute Gasteiger partial charge is 0.123 e. The molecule has 112 valence electrons. The highest BCUT2D eigenvalue weighted by atomic mass is 32.2. The van der Waals surface area contributed by atoms with Crippen LogP contribution in [0.15, 0.2) is 60.0 Å². The van der Waals surface area contributed by atoms with Crippen LogP contribution in [0.2, 0.25) is 0 Å². The van der Waals surface area contributed by atoms with Gasteiger partial charge in [-0.25, -0.2) is 4.39 Å². The predicted molar refractivity (Wildman–Crippen MR) is 87.8 cm³/mol. The molecule has 0 bridgehead atoms. The third-order valence-electron chi connectivity index (χ3n) is 3.32. The zero-order chi connectivity index (χ0) is 15.5. The minimum atomic E-state index is -2.08. The number of rotatable bonds is 4. The summed E-state index contributed by atoms with van der Waals surface area (Å²) in [5.74, 6) is -0.230. The first-order valence-electron chi connectivity index (χ1n) is 6.62. The second-order valence-corrected chi connectivity index (χ2v) is 6.63. The predicted octanol–water partition coefficient (Wildman–Crippen LogP) is 4.60. The minimum absolute atomic E-state index is 0.0226. The second kappa shape index (κ2) is 6.52. The van der Waals surface area contributed by atoms with Crippen LogP contribution < -0.4 is 0 Å². The Morgan fingerprint density at radius 1 is 0.955 bits per heavy atom. The van der Waals surface area contributed by atoms with Crippen molar-refractivity contribution >= 4 is 22.4 Å². The SMILES string of the molecule is O=S([O-])Cc1ccc(-c2ccsc2-c2ccc(F)cc2)cc1. The van der Waals surface area contributed by atoms with Gasteiger partial charge in [-0.3, -0.25) is 4.21 Å². The van der Waals surface area contributed by atoms with Gasteiger partial charge < -0.3 is 4.55 Å². The van der Waals surface area contributed by atoms with Gasteiger partial charge in [0.05, 0.1) is 0 Å². The maximum atomic E-state index is 13.1. The Morgan fingerprint density at radius 2 is 1.59 bits per heavy atom. The van der Waals surface area contributed by atoms with Crippen molar-refractivity contribution in [3.8, 4) is 21.6 Å². The van der Waals surface area contributed by atoms with Gasteiger partial charge in [0.25, 0.3) is 0 Å². The first-order chi connectivity index (χ1) is 10.6. The van der Waals surface area contributed by atoms with E-state index < -0.39 is 11.1 Å². The summed E-state index contributed by atoms with van der Waals surface area (Å²) < 4.78 is 34.5. The molecule has 0 N–H and O–H groups in total. The lowest BCUT2D eigenvalue weighted by Gasteiger charge is -2.08. The topological polar surface area (TPSA) is 40.1 Å². The molecule has 0 saturated carbocycles. The van der Waals surface area contributed by atoms with E-state index in [1.54, 1.807) is 23.5 Å². The van der Waals surface area contributed by atoms with E-state index in [9.17, 15) is 13.2 Å². The molecule has 0 saturated heterocycles. The summed E-state index contributed by atoms with van der Waals surface area (Å²) in [6, 6.07) is 15.9. The number of hydrogen-bond acceptors (Lipinski definition) is 3. The van der Waals surface area contributed by atoms with E-state index in [1.165, 1.54) is 12.1 Å². The van der Waals surface area contributed by atoms with E-state index in [2.05, 4.69) is 0 Å². The summed E-state index contributed by atoms with van der Waals surface area (Å²) in [4.78, 5) is 1.07.